The molecule has 0 spiro atoms. The smallest absolute Gasteiger partial charge is 0.219 e. The van der Waals surface area contributed by atoms with Crippen molar-refractivity contribution in [2.24, 2.45) is 4.99 Å². The molecule has 1 aromatic rings. The molecule has 0 saturated carbocycles. The van der Waals surface area contributed by atoms with Crippen molar-refractivity contribution in [3.05, 3.63) is 17.7 Å². The van der Waals surface area contributed by atoms with E-state index < -0.39 is 0 Å². The molecule has 0 radical (unpaired) electrons. The number of ether oxygens (including phenoxy) is 3. The van der Waals surface area contributed by atoms with Crippen LogP contribution in [-0.2, 0) is 11.3 Å². The zero-order valence-corrected chi connectivity index (χ0v) is 20.8. The second-order valence-electron chi connectivity index (χ2n) is 6.73. The van der Waals surface area contributed by atoms with Gasteiger partial charge < -0.3 is 29.7 Å². The van der Waals surface area contributed by atoms with Crippen molar-refractivity contribution < 1.29 is 19.0 Å². The Bertz CT molecular complexity index is 683. The molecule has 10 heteroatoms. The van der Waals surface area contributed by atoms with Gasteiger partial charge in [0, 0.05) is 59.8 Å². The minimum Gasteiger partial charge on any atom is -0.493 e. The molecule has 1 heterocycles. The Balaban J connectivity index is 0.00000450. The summed E-state index contributed by atoms with van der Waals surface area (Å²) in [5, 5.41) is 6.63. The number of halogens is 1. The highest BCUT2D eigenvalue weighted by Gasteiger charge is 2.18. The molecule has 1 aromatic carbocycles. The molecular formula is C20H34IN5O4. The largest absolute Gasteiger partial charge is 0.493 e. The van der Waals surface area contributed by atoms with Gasteiger partial charge in [0.1, 0.15) is 0 Å². The molecule has 0 unspecified atom stereocenters. The van der Waals surface area contributed by atoms with Gasteiger partial charge in [-0.05, 0) is 17.7 Å². The van der Waals surface area contributed by atoms with Gasteiger partial charge in [-0.2, -0.15) is 0 Å². The standard InChI is InChI=1S/C20H33N5O4.HI/c1-15(26)25-10-8-24(9-11-25)7-6-22-20(21-2)23-14-16-12-17(27-3)19(29-5)18(13-16)28-4;/h12-13H,6-11,14H2,1-5H3,(H2,21,22,23);1H. The van der Waals surface area contributed by atoms with Gasteiger partial charge in [-0.1, -0.05) is 0 Å². The maximum Gasteiger partial charge on any atom is 0.219 e. The first kappa shape index (κ1) is 26.1. The fourth-order valence-corrected chi connectivity index (χ4v) is 3.26. The van der Waals surface area contributed by atoms with Crippen LogP contribution in [0.4, 0.5) is 0 Å². The Morgan fingerprint density at radius 2 is 1.63 bits per heavy atom. The van der Waals surface area contributed by atoms with Crippen LogP contribution in [-0.4, -0.2) is 89.3 Å². The van der Waals surface area contributed by atoms with Crippen molar-refractivity contribution in [2.75, 3.05) is 67.6 Å². The van der Waals surface area contributed by atoms with Crippen LogP contribution < -0.4 is 24.8 Å². The fraction of sp³-hybridized carbons (Fsp3) is 0.600. The van der Waals surface area contributed by atoms with E-state index in [9.17, 15) is 4.79 Å². The summed E-state index contributed by atoms with van der Waals surface area (Å²) in [6.45, 7) is 7.25. The average molecular weight is 535 g/mol. The molecule has 1 aliphatic rings. The highest BCUT2D eigenvalue weighted by Crippen LogP contribution is 2.38. The lowest BCUT2D eigenvalue weighted by atomic mass is 10.2. The number of aliphatic imine (C=N–C) groups is 1. The van der Waals surface area contributed by atoms with Crippen molar-refractivity contribution in [3.63, 3.8) is 0 Å². The predicted octanol–water partition coefficient (Wildman–Crippen LogP) is 1.16. The summed E-state index contributed by atoms with van der Waals surface area (Å²) in [5.74, 6) is 2.69. The van der Waals surface area contributed by atoms with E-state index in [0.29, 0.717) is 23.8 Å². The molecule has 0 aliphatic carbocycles. The third-order valence-electron chi connectivity index (χ3n) is 4.95. The van der Waals surface area contributed by atoms with Gasteiger partial charge >= 0.3 is 0 Å². The molecular weight excluding hydrogens is 501 g/mol. The molecule has 1 fully saturated rings. The summed E-state index contributed by atoms with van der Waals surface area (Å²) in [5.41, 5.74) is 0.989. The quantitative estimate of drug-likeness (QED) is 0.294. The minimum atomic E-state index is 0. The number of piperazine rings is 1. The normalized spacial score (nSPS) is 14.6. The van der Waals surface area contributed by atoms with Crippen LogP contribution in [0.1, 0.15) is 12.5 Å². The van der Waals surface area contributed by atoms with Crippen LogP contribution in [0.5, 0.6) is 17.2 Å². The Kier molecular flexibility index (Phi) is 11.6. The van der Waals surface area contributed by atoms with Crippen LogP contribution >= 0.6 is 24.0 Å². The van der Waals surface area contributed by atoms with E-state index in [-0.39, 0.29) is 29.9 Å². The van der Waals surface area contributed by atoms with Gasteiger partial charge in [0.2, 0.25) is 11.7 Å². The zero-order valence-electron chi connectivity index (χ0n) is 18.5. The number of benzene rings is 1. The molecule has 170 valence electrons. The van der Waals surface area contributed by atoms with E-state index in [2.05, 4.69) is 20.5 Å². The lowest BCUT2D eigenvalue weighted by Crippen LogP contribution is -2.50. The van der Waals surface area contributed by atoms with Crippen LogP contribution in [0, 0.1) is 0 Å². The summed E-state index contributed by atoms with van der Waals surface area (Å²) < 4.78 is 16.2. The third kappa shape index (κ3) is 7.38. The highest BCUT2D eigenvalue weighted by atomic mass is 127. The van der Waals surface area contributed by atoms with Crippen molar-refractivity contribution in [3.8, 4) is 17.2 Å². The summed E-state index contributed by atoms with van der Waals surface area (Å²) in [6, 6.07) is 3.83. The first-order chi connectivity index (χ1) is 14.0. The first-order valence-electron chi connectivity index (χ1n) is 9.73. The average Bonchev–Trinajstić information content (AvgIpc) is 2.75. The number of carbonyl (C=O) groups is 1. The van der Waals surface area contributed by atoms with Crippen LogP contribution in [0.3, 0.4) is 0 Å². The van der Waals surface area contributed by atoms with E-state index in [4.69, 9.17) is 14.2 Å². The molecule has 0 atom stereocenters. The van der Waals surface area contributed by atoms with Gasteiger partial charge in [-0.3, -0.25) is 14.7 Å². The van der Waals surface area contributed by atoms with E-state index in [1.54, 1.807) is 35.3 Å². The SMILES string of the molecule is CN=C(NCCN1CCN(C(C)=O)CC1)NCc1cc(OC)c(OC)c(OC)c1.I. The summed E-state index contributed by atoms with van der Waals surface area (Å²) in [7, 11) is 6.54. The number of amides is 1. The molecule has 1 saturated heterocycles. The number of rotatable bonds is 8. The summed E-state index contributed by atoms with van der Waals surface area (Å²) in [4.78, 5) is 19.9. The molecule has 9 nitrogen and oxygen atoms in total. The molecule has 30 heavy (non-hydrogen) atoms. The number of hydrogen-bond donors (Lipinski definition) is 2. The first-order valence-corrected chi connectivity index (χ1v) is 9.73. The van der Waals surface area contributed by atoms with E-state index >= 15 is 0 Å². The Hall–Kier alpha value is -1.95. The van der Waals surface area contributed by atoms with Crippen LogP contribution in [0.25, 0.3) is 0 Å². The van der Waals surface area contributed by atoms with Gasteiger partial charge in [-0.25, -0.2) is 0 Å². The number of guanidine groups is 1. The third-order valence-corrected chi connectivity index (χ3v) is 4.95. The number of nitrogens with one attached hydrogen (secondary N) is 2. The topological polar surface area (TPSA) is 87.7 Å². The Morgan fingerprint density at radius 3 is 2.10 bits per heavy atom. The molecule has 0 aromatic heterocycles. The van der Waals surface area contributed by atoms with Crippen molar-refractivity contribution in [2.45, 2.75) is 13.5 Å². The molecule has 2 rings (SSSR count). The summed E-state index contributed by atoms with van der Waals surface area (Å²) >= 11 is 0. The number of methoxy groups -OCH3 is 3. The molecule has 0 bridgehead atoms. The summed E-state index contributed by atoms with van der Waals surface area (Å²) in [6.07, 6.45) is 0. The highest BCUT2D eigenvalue weighted by molar-refractivity contribution is 14.0. The number of carbonyl (C=O) groups excluding carboxylic acids is 1. The zero-order chi connectivity index (χ0) is 21.2. The lowest BCUT2D eigenvalue weighted by molar-refractivity contribution is -0.130. The molecule has 1 amide bonds. The van der Waals surface area contributed by atoms with E-state index in [0.717, 1.165) is 50.8 Å². The van der Waals surface area contributed by atoms with Crippen molar-refractivity contribution in [1.82, 2.24) is 20.4 Å². The fourth-order valence-electron chi connectivity index (χ4n) is 3.26. The molecule has 1 aliphatic heterocycles. The van der Waals surface area contributed by atoms with E-state index in [1.807, 2.05) is 17.0 Å². The van der Waals surface area contributed by atoms with Gasteiger partial charge in [-0.15, -0.1) is 24.0 Å². The second kappa shape index (κ2) is 13.4. The molecule has 2 N–H and O–H groups in total. The van der Waals surface area contributed by atoms with Crippen molar-refractivity contribution >= 4 is 35.8 Å². The number of nitrogens with zero attached hydrogens (tertiary/aromatic N) is 3. The minimum absolute atomic E-state index is 0. The lowest BCUT2D eigenvalue weighted by Gasteiger charge is -2.34. The maximum atomic E-state index is 11.4. The van der Waals surface area contributed by atoms with Gasteiger partial charge in [0.15, 0.2) is 17.5 Å². The van der Waals surface area contributed by atoms with Crippen LogP contribution in [0.15, 0.2) is 17.1 Å². The Labute approximate surface area is 196 Å². The number of hydrogen-bond acceptors (Lipinski definition) is 6. The van der Waals surface area contributed by atoms with E-state index in [1.165, 1.54) is 0 Å². The second-order valence-corrected chi connectivity index (χ2v) is 6.73. The van der Waals surface area contributed by atoms with Gasteiger partial charge in [0.25, 0.3) is 0 Å². The monoisotopic (exact) mass is 535 g/mol. The van der Waals surface area contributed by atoms with Gasteiger partial charge in [0.05, 0.1) is 21.3 Å². The van der Waals surface area contributed by atoms with Crippen LogP contribution in [0.2, 0.25) is 0 Å². The Morgan fingerprint density at radius 1 is 1.03 bits per heavy atom. The van der Waals surface area contributed by atoms with Crippen molar-refractivity contribution in [1.29, 1.82) is 0 Å². The maximum absolute atomic E-state index is 11.4. The predicted molar refractivity (Wildman–Crippen MR) is 128 cm³/mol.